The van der Waals surface area contributed by atoms with Crippen molar-refractivity contribution < 1.29 is 27.5 Å². The number of carboxylic acids is 1. The van der Waals surface area contributed by atoms with Crippen LogP contribution in [-0.4, -0.2) is 49.6 Å². The number of amides is 1. The van der Waals surface area contributed by atoms with Crippen LogP contribution in [-0.2, 0) is 21.4 Å². The number of furan rings is 1. The molecular weight excluding hydrogens is 276 g/mol. The minimum atomic E-state index is -3.42. The van der Waals surface area contributed by atoms with Gasteiger partial charge in [0.05, 0.1) is 19.3 Å². The second-order valence-corrected chi connectivity index (χ2v) is 5.96. The van der Waals surface area contributed by atoms with Crippen LogP contribution in [0.4, 0.5) is 0 Å². The highest BCUT2D eigenvalue weighted by Crippen LogP contribution is 2.07. The Kier molecular flexibility index (Phi) is 4.67. The molecule has 0 unspecified atom stereocenters. The summed E-state index contributed by atoms with van der Waals surface area (Å²) in [6.45, 7) is -0.324. The minimum Gasteiger partial charge on any atom is -0.475 e. The van der Waals surface area contributed by atoms with Crippen molar-refractivity contribution in [2.24, 2.45) is 0 Å². The first-order valence-electron chi connectivity index (χ1n) is 5.20. The zero-order chi connectivity index (χ0) is 14.6. The summed E-state index contributed by atoms with van der Waals surface area (Å²) in [6, 6.07) is 2.69. The van der Waals surface area contributed by atoms with Gasteiger partial charge in [-0.1, -0.05) is 0 Å². The third-order valence-corrected chi connectivity index (χ3v) is 3.53. The van der Waals surface area contributed by atoms with Gasteiger partial charge in [-0.05, 0) is 12.1 Å². The van der Waals surface area contributed by atoms with E-state index in [4.69, 9.17) is 9.52 Å². The SMILES string of the molecule is CN(CC(=O)NCc1ccc(C(=O)O)o1)S(C)(=O)=O. The van der Waals surface area contributed by atoms with Crippen LogP contribution in [0.5, 0.6) is 0 Å². The maximum Gasteiger partial charge on any atom is 0.371 e. The maximum atomic E-state index is 11.4. The van der Waals surface area contributed by atoms with Crippen LogP contribution < -0.4 is 5.32 Å². The largest absolute Gasteiger partial charge is 0.475 e. The van der Waals surface area contributed by atoms with Crippen LogP contribution in [0, 0.1) is 0 Å². The van der Waals surface area contributed by atoms with Crippen molar-refractivity contribution in [3.05, 3.63) is 23.7 Å². The monoisotopic (exact) mass is 290 g/mol. The fourth-order valence-corrected chi connectivity index (χ4v) is 1.50. The van der Waals surface area contributed by atoms with Gasteiger partial charge in [0.25, 0.3) is 0 Å². The fraction of sp³-hybridized carbons (Fsp3) is 0.400. The van der Waals surface area contributed by atoms with Crippen molar-refractivity contribution in [1.29, 1.82) is 0 Å². The molecule has 0 atom stereocenters. The highest BCUT2D eigenvalue weighted by atomic mass is 32.2. The quantitative estimate of drug-likeness (QED) is 0.728. The van der Waals surface area contributed by atoms with Crippen molar-refractivity contribution >= 4 is 21.9 Å². The molecule has 0 spiro atoms. The number of nitrogens with zero attached hydrogens (tertiary/aromatic N) is 1. The van der Waals surface area contributed by atoms with E-state index in [1.54, 1.807) is 0 Å². The van der Waals surface area contributed by atoms with Gasteiger partial charge in [0.2, 0.25) is 21.7 Å². The molecule has 2 N–H and O–H groups in total. The average molecular weight is 290 g/mol. The lowest BCUT2D eigenvalue weighted by Gasteiger charge is -2.13. The van der Waals surface area contributed by atoms with E-state index in [0.29, 0.717) is 0 Å². The van der Waals surface area contributed by atoms with Gasteiger partial charge in [0.1, 0.15) is 5.76 Å². The van der Waals surface area contributed by atoms with Gasteiger partial charge in [-0.25, -0.2) is 13.2 Å². The second-order valence-electron chi connectivity index (χ2n) is 3.87. The van der Waals surface area contributed by atoms with Gasteiger partial charge < -0.3 is 14.8 Å². The highest BCUT2D eigenvalue weighted by Gasteiger charge is 2.15. The Morgan fingerprint density at radius 2 is 2.05 bits per heavy atom. The van der Waals surface area contributed by atoms with Crippen LogP contribution in [0.2, 0.25) is 0 Å². The molecule has 0 aromatic carbocycles. The van der Waals surface area contributed by atoms with Crippen molar-refractivity contribution in [2.45, 2.75) is 6.54 Å². The molecule has 1 amide bonds. The molecule has 0 aliphatic rings. The Bertz CT molecular complexity index is 577. The minimum absolute atomic E-state index is 0.0102. The zero-order valence-electron chi connectivity index (χ0n) is 10.4. The van der Waals surface area contributed by atoms with E-state index in [2.05, 4.69) is 5.32 Å². The van der Waals surface area contributed by atoms with Gasteiger partial charge in [0.15, 0.2) is 0 Å². The molecule has 0 bridgehead atoms. The third-order valence-electron chi connectivity index (χ3n) is 2.26. The molecule has 0 saturated carbocycles. The average Bonchev–Trinajstić information content (AvgIpc) is 2.73. The first-order chi connectivity index (χ1) is 8.70. The Hall–Kier alpha value is -1.87. The van der Waals surface area contributed by atoms with Crippen LogP contribution in [0.1, 0.15) is 16.3 Å². The van der Waals surface area contributed by atoms with E-state index in [1.165, 1.54) is 19.2 Å². The molecule has 1 rings (SSSR count). The fourth-order valence-electron chi connectivity index (χ4n) is 1.15. The number of hydrogen-bond acceptors (Lipinski definition) is 5. The highest BCUT2D eigenvalue weighted by molar-refractivity contribution is 7.88. The first-order valence-corrected chi connectivity index (χ1v) is 7.05. The standard InChI is InChI=1S/C10H14N2O6S/c1-12(19(2,16)17)6-9(13)11-5-7-3-4-8(18-7)10(14)15/h3-4H,5-6H2,1-2H3,(H,11,13)(H,14,15). The van der Waals surface area contributed by atoms with E-state index in [1.807, 2.05) is 0 Å². The molecule has 106 valence electrons. The molecule has 0 fully saturated rings. The summed E-state index contributed by atoms with van der Waals surface area (Å²) in [5, 5.41) is 11.1. The first kappa shape index (κ1) is 15.2. The number of sulfonamides is 1. The lowest BCUT2D eigenvalue weighted by Crippen LogP contribution is -2.37. The lowest BCUT2D eigenvalue weighted by atomic mass is 10.4. The molecule has 0 aliphatic heterocycles. The molecular formula is C10H14N2O6S. The number of nitrogens with one attached hydrogen (secondary N) is 1. The molecule has 1 aromatic heterocycles. The van der Waals surface area contributed by atoms with Crippen LogP contribution in [0.15, 0.2) is 16.5 Å². The van der Waals surface area contributed by atoms with Crippen LogP contribution >= 0.6 is 0 Å². The summed E-state index contributed by atoms with van der Waals surface area (Å²) in [5.74, 6) is -1.67. The number of hydrogen-bond donors (Lipinski definition) is 2. The third kappa shape index (κ3) is 4.72. The zero-order valence-corrected chi connectivity index (χ0v) is 11.2. The summed E-state index contributed by atoms with van der Waals surface area (Å²) < 4.78 is 28.0. The number of carboxylic acid groups (broad SMARTS) is 1. The van der Waals surface area contributed by atoms with E-state index < -0.39 is 21.9 Å². The topological polar surface area (TPSA) is 117 Å². The second kappa shape index (κ2) is 5.85. The molecule has 1 heterocycles. The normalized spacial score (nSPS) is 11.5. The Labute approximate surface area is 110 Å². The van der Waals surface area contributed by atoms with Gasteiger partial charge >= 0.3 is 5.97 Å². The van der Waals surface area contributed by atoms with Gasteiger partial charge in [-0.15, -0.1) is 0 Å². The van der Waals surface area contributed by atoms with E-state index in [-0.39, 0.29) is 24.6 Å². The van der Waals surface area contributed by atoms with Crippen molar-refractivity contribution in [1.82, 2.24) is 9.62 Å². The number of carbonyl (C=O) groups excluding carboxylic acids is 1. The lowest BCUT2D eigenvalue weighted by molar-refractivity contribution is -0.121. The number of carbonyl (C=O) groups is 2. The maximum absolute atomic E-state index is 11.4. The number of rotatable bonds is 6. The molecule has 8 nitrogen and oxygen atoms in total. The molecule has 0 aliphatic carbocycles. The summed E-state index contributed by atoms with van der Waals surface area (Å²) in [5.41, 5.74) is 0. The Morgan fingerprint density at radius 1 is 1.42 bits per heavy atom. The predicted molar refractivity (Wildman–Crippen MR) is 65.0 cm³/mol. The predicted octanol–water partition coefficient (Wildman–Crippen LogP) is -0.515. The van der Waals surface area contributed by atoms with Gasteiger partial charge in [-0.3, -0.25) is 4.79 Å². The molecule has 0 saturated heterocycles. The number of aromatic carboxylic acids is 1. The van der Waals surface area contributed by atoms with Crippen LogP contribution in [0.3, 0.4) is 0 Å². The number of likely N-dealkylation sites (N-methyl/N-ethyl adjacent to an activating group) is 1. The molecule has 1 aromatic rings. The molecule has 9 heteroatoms. The Morgan fingerprint density at radius 3 is 2.53 bits per heavy atom. The smallest absolute Gasteiger partial charge is 0.371 e. The van der Waals surface area contributed by atoms with Crippen LogP contribution in [0.25, 0.3) is 0 Å². The summed E-state index contributed by atoms with van der Waals surface area (Å²) in [7, 11) is -2.13. The van der Waals surface area contributed by atoms with Crippen molar-refractivity contribution in [2.75, 3.05) is 19.8 Å². The van der Waals surface area contributed by atoms with E-state index in [9.17, 15) is 18.0 Å². The van der Waals surface area contributed by atoms with E-state index in [0.717, 1.165) is 10.6 Å². The summed E-state index contributed by atoms with van der Waals surface area (Å²) in [6.07, 6.45) is 0.992. The van der Waals surface area contributed by atoms with Crippen molar-refractivity contribution in [3.63, 3.8) is 0 Å². The van der Waals surface area contributed by atoms with Crippen molar-refractivity contribution in [3.8, 4) is 0 Å². The summed E-state index contributed by atoms with van der Waals surface area (Å²) >= 11 is 0. The molecule has 0 radical (unpaired) electrons. The Balaban J connectivity index is 2.48. The molecule has 19 heavy (non-hydrogen) atoms. The van der Waals surface area contributed by atoms with Gasteiger partial charge in [-0.2, -0.15) is 4.31 Å². The van der Waals surface area contributed by atoms with Gasteiger partial charge in [0, 0.05) is 7.05 Å². The summed E-state index contributed by atoms with van der Waals surface area (Å²) in [4.78, 5) is 22.0. The van der Waals surface area contributed by atoms with E-state index >= 15 is 0 Å².